The maximum atomic E-state index is 12.6. The summed E-state index contributed by atoms with van der Waals surface area (Å²) in [5.41, 5.74) is -3.18. The van der Waals surface area contributed by atoms with E-state index in [1.807, 2.05) is 0 Å². The third-order valence-electron chi connectivity index (χ3n) is 2.51. The first-order valence-electron chi connectivity index (χ1n) is 10.4. The van der Waals surface area contributed by atoms with Gasteiger partial charge in [0.15, 0.2) is 0 Å². The number of aliphatic hydroxyl groups is 1. The lowest BCUT2D eigenvalue weighted by molar-refractivity contribution is -0.137. The largest absolute Gasteiger partial charge is 0.510 e. The Kier molecular flexibility index (Phi) is 2.31. The maximum absolute atomic E-state index is 12.6. The zero-order valence-corrected chi connectivity index (χ0v) is 11.6. The molecule has 0 amide bonds. The number of ketones is 1. The van der Waals surface area contributed by atoms with Crippen molar-refractivity contribution in [2.75, 3.05) is 0 Å². The van der Waals surface area contributed by atoms with Gasteiger partial charge in [0.25, 0.3) is 0 Å². The Labute approximate surface area is 144 Å². The van der Waals surface area contributed by atoms with Crippen molar-refractivity contribution in [2.45, 2.75) is 19.7 Å². The van der Waals surface area contributed by atoms with E-state index >= 15 is 0 Å². The number of halogens is 1. The number of rotatable bonds is 4. The molecule has 0 aliphatic carbocycles. The smallest absolute Gasteiger partial charge is 0.303 e. The van der Waals surface area contributed by atoms with Crippen molar-refractivity contribution in [2.24, 2.45) is 4.99 Å². The fourth-order valence-electron chi connectivity index (χ4n) is 1.53. The van der Waals surface area contributed by atoms with Crippen molar-refractivity contribution >= 4 is 35.1 Å². The number of carbonyl (C=O) groups excluding carboxylic acids is 1. The fourth-order valence-corrected chi connectivity index (χ4v) is 1.67. The second-order valence-electron chi connectivity index (χ2n) is 4.03. The number of carboxylic acid groups (broad SMARTS) is 1. The topological polar surface area (TPSA) is 87.0 Å². The van der Waals surface area contributed by atoms with Gasteiger partial charge in [0.2, 0.25) is 5.78 Å². The molecule has 0 saturated carbocycles. The minimum atomic E-state index is -3.07. The van der Waals surface area contributed by atoms with E-state index in [1.165, 1.54) is 0 Å². The number of aliphatic imine (C=N–C) groups is 1. The van der Waals surface area contributed by atoms with Crippen molar-refractivity contribution in [3.8, 4) is 0 Å². The Morgan fingerprint density at radius 1 is 1.50 bits per heavy atom. The molecule has 2 N–H and O–H groups in total. The van der Waals surface area contributed by atoms with Gasteiger partial charge in [-0.3, -0.25) is 9.59 Å². The van der Waals surface area contributed by atoms with Crippen LogP contribution in [0.4, 0.5) is 0 Å². The molecule has 0 spiro atoms. The summed E-state index contributed by atoms with van der Waals surface area (Å²) in [5, 5.41) is 18.1. The van der Waals surface area contributed by atoms with Crippen LogP contribution in [0.5, 0.6) is 0 Å². The number of allylic oxidation sites excluding steroid dienone is 3. The fraction of sp³-hybridized carbons (Fsp3) is 0.188. The monoisotopic (exact) mass is 328 g/mol. The number of hydrogen-bond donors (Lipinski definition) is 2. The Balaban J connectivity index is 2.81. The summed E-state index contributed by atoms with van der Waals surface area (Å²) in [6.07, 6.45) is -3.60. The van der Waals surface area contributed by atoms with E-state index < -0.39 is 95.0 Å². The summed E-state index contributed by atoms with van der Waals surface area (Å²) in [4.78, 5) is 26.9. The summed E-state index contributed by atoms with van der Waals surface area (Å²) in [6.45, 7) is -3.07. The van der Waals surface area contributed by atoms with Crippen molar-refractivity contribution < 1.29 is 32.1 Å². The van der Waals surface area contributed by atoms with Gasteiger partial charge in [-0.25, -0.2) is 4.99 Å². The molecule has 114 valence electrons. The number of carbonyl (C=O) groups is 2. The summed E-state index contributed by atoms with van der Waals surface area (Å²) < 4.78 is 70.2. The van der Waals surface area contributed by atoms with Gasteiger partial charge in [0.1, 0.15) is 11.5 Å². The van der Waals surface area contributed by atoms with Gasteiger partial charge >= 0.3 is 5.97 Å². The third kappa shape index (κ3) is 3.62. The number of carboxylic acids is 1. The molecule has 0 bridgehead atoms. The molecule has 1 aliphatic heterocycles. The van der Waals surface area contributed by atoms with E-state index in [4.69, 9.17) is 29.0 Å². The molecule has 0 fully saturated rings. The van der Waals surface area contributed by atoms with Crippen LogP contribution in [0.1, 0.15) is 36.3 Å². The van der Waals surface area contributed by atoms with Crippen LogP contribution in [-0.4, -0.2) is 28.2 Å². The molecule has 1 aliphatic rings. The van der Waals surface area contributed by atoms with Crippen molar-refractivity contribution in [3.05, 3.63) is 51.8 Å². The lowest BCUT2D eigenvalue weighted by Crippen LogP contribution is -2.09. The van der Waals surface area contributed by atoms with E-state index in [2.05, 4.69) is 4.99 Å². The Morgan fingerprint density at radius 3 is 2.95 bits per heavy atom. The molecule has 2 rings (SSSR count). The Hall–Kier alpha value is -2.40. The molecule has 6 heteroatoms. The Morgan fingerprint density at radius 2 is 2.27 bits per heavy atom. The number of nitrogens with zero attached hydrogens (tertiary/aromatic N) is 1. The van der Waals surface area contributed by atoms with Crippen LogP contribution in [0.3, 0.4) is 0 Å². The molecule has 1 aromatic carbocycles. The van der Waals surface area contributed by atoms with Gasteiger partial charge in [-0.2, -0.15) is 0 Å². The van der Waals surface area contributed by atoms with Crippen LogP contribution in [0.25, 0.3) is 5.57 Å². The summed E-state index contributed by atoms with van der Waals surface area (Å²) in [6, 6.07) is -3.48. The predicted octanol–water partition coefficient (Wildman–Crippen LogP) is 3.32. The molecule has 0 saturated heterocycles. The van der Waals surface area contributed by atoms with Gasteiger partial charge in [-0.1, -0.05) is 17.6 Å². The molecule has 1 heterocycles. The molecular weight excluding hydrogens is 306 g/mol. The average Bonchev–Trinajstić information content (AvgIpc) is 2.65. The van der Waals surface area contributed by atoms with Crippen LogP contribution in [0, 0.1) is 6.85 Å². The number of aliphatic carboxylic acids is 1. The summed E-state index contributed by atoms with van der Waals surface area (Å²) in [5.74, 6) is -3.86. The van der Waals surface area contributed by atoms with Crippen molar-refractivity contribution in [1.82, 2.24) is 0 Å². The zero-order valence-electron chi connectivity index (χ0n) is 19.8. The van der Waals surface area contributed by atoms with E-state index in [-0.39, 0.29) is 0 Å². The molecule has 0 radical (unpaired) electrons. The number of hydrogen-bond acceptors (Lipinski definition) is 4. The Bertz CT molecular complexity index is 1090. The van der Waals surface area contributed by atoms with Crippen LogP contribution in [0.15, 0.2) is 40.6 Å². The molecule has 22 heavy (non-hydrogen) atoms. The molecule has 1 aromatic rings. The van der Waals surface area contributed by atoms with Crippen LogP contribution in [0.2, 0.25) is 5.02 Å². The lowest BCUT2D eigenvalue weighted by atomic mass is 9.98. The second-order valence-corrected chi connectivity index (χ2v) is 4.41. The zero-order chi connectivity index (χ0) is 24.0. The minimum Gasteiger partial charge on any atom is -0.510 e. The summed E-state index contributed by atoms with van der Waals surface area (Å²) >= 11 is 5.85. The molecule has 1 atom stereocenters. The molecular formula is C16H14ClNO4. The number of benzene rings is 1. The van der Waals surface area contributed by atoms with Gasteiger partial charge in [0.05, 0.1) is 13.3 Å². The second kappa shape index (κ2) is 6.58. The highest BCUT2D eigenvalue weighted by Gasteiger charge is 2.19. The van der Waals surface area contributed by atoms with Gasteiger partial charge in [-0.05, 0) is 36.1 Å². The highest BCUT2D eigenvalue weighted by molar-refractivity contribution is 6.31. The summed E-state index contributed by atoms with van der Waals surface area (Å²) in [7, 11) is 0. The van der Waals surface area contributed by atoms with E-state index in [0.717, 1.165) is 0 Å². The average molecular weight is 329 g/mol. The van der Waals surface area contributed by atoms with Crippen LogP contribution >= 0.6 is 11.6 Å². The normalized spacial score (nSPS) is 25.2. The SMILES string of the molecule is [2H]C1=NC(=C(O)CC([2H])C(=O)O)C(=O)C([2H])=C1c1c([2H])c(Cl)c([2H])c([2H])c1C([2H])([2H])[2H]. The van der Waals surface area contributed by atoms with Gasteiger partial charge < -0.3 is 10.2 Å². The molecule has 5 nitrogen and oxygen atoms in total. The first-order chi connectivity index (χ1) is 14.1. The van der Waals surface area contributed by atoms with Crippen molar-refractivity contribution in [3.63, 3.8) is 0 Å². The quantitative estimate of drug-likeness (QED) is 0.655. The lowest BCUT2D eigenvalue weighted by Gasteiger charge is -2.12. The highest BCUT2D eigenvalue weighted by atomic mass is 35.5. The first kappa shape index (κ1) is 7.74. The highest BCUT2D eigenvalue weighted by Crippen LogP contribution is 2.25. The third-order valence-corrected chi connectivity index (χ3v) is 2.70. The number of dihydropyridines is 1. The molecule has 1 unspecified atom stereocenters. The van der Waals surface area contributed by atoms with Crippen molar-refractivity contribution in [1.29, 1.82) is 0 Å². The number of aliphatic hydroxyl groups excluding tert-OH is 1. The van der Waals surface area contributed by atoms with Crippen LogP contribution in [-0.2, 0) is 9.59 Å². The van der Waals surface area contributed by atoms with Crippen LogP contribution < -0.4 is 0 Å². The van der Waals surface area contributed by atoms with E-state index in [9.17, 15) is 14.7 Å². The first-order valence-corrected chi connectivity index (χ1v) is 6.17. The maximum Gasteiger partial charge on any atom is 0.303 e. The van der Waals surface area contributed by atoms with E-state index in [1.54, 1.807) is 0 Å². The van der Waals surface area contributed by atoms with Gasteiger partial charge in [-0.15, -0.1) is 0 Å². The predicted molar refractivity (Wildman–Crippen MR) is 84.2 cm³/mol. The van der Waals surface area contributed by atoms with E-state index in [0.29, 0.717) is 0 Å². The molecule has 0 aromatic heterocycles. The minimum absolute atomic E-state index is 0.628. The van der Waals surface area contributed by atoms with Gasteiger partial charge in [0, 0.05) is 28.7 Å². The standard InChI is InChI=1S/C16H14ClNO4/c1-9-2-3-11(17)7-12(9)10-6-14(20)16(18-8-10)13(19)4-5-15(21)22/h2-3,6-8,19H,4-5H2,1H3,(H,21,22)/i1D3,2D,3D,5D,6D,7D,8D.